The summed E-state index contributed by atoms with van der Waals surface area (Å²) in [7, 11) is 0. The van der Waals surface area contributed by atoms with Gasteiger partial charge < -0.3 is 26.1 Å². The number of carboxylic acids is 1. The second kappa shape index (κ2) is 6.91. The van der Waals surface area contributed by atoms with Gasteiger partial charge in [0.05, 0.1) is 12.6 Å². The Morgan fingerprint density at radius 2 is 2.07 bits per heavy atom. The van der Waals surface area contributed by atoms with Gasteiger partial charge >= 0.3 is 5.97 Å². The zero-order valence-corrected chi connectivity index (χ0v) is 8.05. The summed E-state index contributed by atoms with van der Waals surface area (Å²) in [6.45, 7) is -0.531. The molecule has 0 bridgehead atoms. The third kappa shape index (κ3) is 5.76. The summed E-state index contributed by atoms with van der Waals surface area (Å²) in [6, 6.07) is -1.98. The molecule has 0 aliphatic rings. The molecule has 0 fully saturated rings. The number of carboxylic acid groups (broad SMARTS) is 1. The third-order valence-corrected chi connectivity index (χ3v) is 1.69. The molecule has 0 spiro atoms. The molecule has 0 saturated carbocycles. The number of amides is 1. The lowest BCUT2D eigenvalue weighted by atomic mass is 10.1. The second-order valence-electron chi connectivity index (χ2n) is 2.97. The predicted molar refractivity (Wildman–Crippen MR) is 49.9 cm³/mol. The zero-order valence-electron chi connectivity index (χ0n) is 8.05. The van der Waals surface area contributed by atoms with Gasteiger partial charge in [0.25, 0.3) is 0 Å². The maximum absolute atomic E-state index is 11.1. The van der Waals surface area contributed by atoms with Crippen molar-refractivity contribution in [3.05, 3.63) is 0 Å². The molecule has 7 heteroatoms. The molecular formula is C8H14N2O5. The molecule has 7 nitrogen and oxygen atoms in total. The fourth-order valence-corrected chi connectivity index (χ4v) is 0.826. The van der Waals surface area contributed by atoms with Gasteiger partial charge in [0.2, 0.25) is 5.91 Å². The maximum Gasteiger partial charge on any atom is 0.303 e. The Morgan fingerprint density at radius 1 is 1.47 bits per heavy atom. The van der Waals surface area contributed by atoms with Crippen molar-refractivity contribution in [3.8, 4) is 0 Å². The number of nitrogens with one attached hydrogen (secondary N) is 1. The number of hydrogen-bond donors (Lipinski definition) is 4. The molecule has 5 N–H and O–H groups in total. The summed E-state index contributed by atoms with van der Waals surface area (Å²) in [5.74, 6) is -1.73. The molecule has 0 heterocycles. The van der Waals surface area contributed by atoms with Crippen molar-refractivity contribution in [3.63, 3.8) is 0 Å². The van der Waals surface area contributed by atoms with E-state index in [9.17, 15) is 14.4 Å². The van der Waals surface area contributed by atoms with E-state index in [-0.39, 0.29) is 12.8 Å². The molecule has 86 valence electrons. The van der Waals surface area contributed by atoms with Crippen LogP contribution in [0.3, 0.4) is 0 Å². The highest BCUT2D eigenvalue weighted by Gasteiger charge is 2.17. The van der Waals surface area contributed by atoms with Crippen molar-refractivity contribution in [2.45, 2.75) is 24.9 Å². The molecule has 0 radical (unpaired) electrons. The summed E-state index contributed by atoms with van der Waals surface area (Å²) in [6.07, 6.45) is 0.214. The SMILES string of the molecule is N[C@@H](CO)C(=O)N[C@H](C=O)CCC(=O)O. The fraction of sp³-hybridized carbons (Fsp3) is 0.625. The number of hydrogen-bond acceptors (Lipinski definition) is 5. The lowest BCUT2D eigenvalue weighted by Crippen LogP contribution is -2.47. The zero-order chi connectivity index (χ0) is 11.8. The van der Waals surface area contributed by atoms with Crippen LogP contribution in [-0.4, -0.2) is 47.1 Å². The van der Waals surface area contributed by atoms with Crippen LogP contribution in [0, 0.1) is 0 Å². The Balaban J connectivity index is 4.03. The van der Waals surface area contributed by atoms with Crippen molar-refractivity contribution < 1.29 is 24.6 Å². The van der Waals surface area contributed by atoms with Crippen molar-refractivity contribution in [2.24, 2.45) is 5.73 Å². The van der Waals surface area contributed by atoms with Crippen LogP contribution in [0.5, 0.6) is 0 Å². The number of aliphatic hydroxyl groups excluding tert-OH is 1. The quantitative estimate of drug-likeness (QED) is 0.361. The lowest BCUT2D eigenvalue weighted by Gasteiger charge is -2.14. The van der Waals surface area contributed by atoms with Crippen molar-refractivity contribution in [1.29, 1.82) is 0 Å². The van der Waals surface area contributed by atoms with Gasteiger partial charge in [-0.2, -0.15) is 0 Å². The van der Waals surface area contributed by atoms with E-state index in [0.29, 0.717) is 6.29 Å². The monoisotopic (exact) mass is 218 g/mol. The van der Waals surface area contributed by atoms with Crippen molar-refractivity contribution in [1.82, 2.24) is 5.32 Å². The molecular weight excluding hydrogens is 204 g/mol. The van der Waals surface area contributed by atoms with Gasteiger partial charge in [-0.1, -0.05) is 0 Å². The Hall–Kier alpha value is -1.47. The molecule has 0 aromatic heterocycles. The summed E-state index contributed by atoms with van der Waals surface area (Å²) in [5, 5.41) is 19.1. The van der Waals surface area contributed by atoms with E-state index in [1.165, 1.54) is 0 Å². The lowest BCUT2D eigenvalue weighted by molar-refractivity contribution is -0.137. The highest BCUT2D eigenvalue weighted by molar-refractivity contribution is 5.84. The molecule has 0 aromatic carbocycles. The Kier molecular flexibility index (Phi) is 6.23. The number of aliphatic carboxylic acids is 1. The van der Waals surface area contributed by atoms with E-state index in [1.54, 1.807) is 0 Å². The first-order valence-corrected chi connectivity index (χ1v) is 4.35. The minimum atomic E-state index is -1.10. The molecule has 1 amide bonds. The average Bonchev–Trinajstić information content (AvgIpc) is 2.22. The first-order chi connectivity index (χ1) is 7.01. The summed E-state index contributed by atoms with van der Waals surface area (Å²) >= 11 is 0. The fourth-order valence-electron chi connectivity index (χ4n) is 0.826. The van der Waals surface area contributed by atoms with Crippen LogP contribution >= 0.6 is 0 Å². The van der Waals surface area contributed by atoms with Crippen LogP contribution in [0.15, 0.2) is 0 Å². The maximum atomic E-state index is 11.1. The van der Waals surface area contributed by atoms with Gasteiger partial charge in [-0.15, -0.1) is 0 Å². The van der Waals surface area contributed by atoms with Crippen LogP contribution in [0.1, 0.15) is 12.8 Å². The first-order valence-electron chi connectivity index (χ1n) is 4.35. The van der Waals surface area contributed by atoms with E-state index in [4.69, 9.17) is 15.9 Å². The van der Waals surface area contributed by atoms with E-state index in [0.717, 1.165) is 0 Å². The summed E-state index contributed by atoms with van der Waals surface area (Å²) in [4.78, 5) is 31.7. The standard InChI is InChI=1S/C8H14N2O5/c9-6(4-12)8(15)10-5(3-11)1-2-7(13)14/h3,5-6,12H,1-2,4,9H2,(H,10,15)(H,13,14)/t5-,6-/m0/s1. The van der Waals surface area contributed by atoms with Gasteiger partial charge in [-0.05, 0) is 6.42 Å². The number of carbonyl (C=O) groups is 3. The normalized spacial score (nSPS) is 14.0. The molecule has 2 atom stereocenters. The van der Waals surface area contributed by atoms with Crippen molar-refractivity contribution >= 4 is 18.2 Å². The Bertz CT molecular complexity index is 243. The second-order valence-corrected chi connectivity index (χ2v) is 2.97. The van der Waals surface area contributed by atoms with Gasteiger partial charge in [-0.25, -0.2) is 0 Å². The third-order valence-electron chi connectivity index (χ3n) is 1.69. The first kappa shape index (κ1) is 13.5. The summed E-state index contributed by atoms with van der Waals surface area (Å²) < 4.78 is 0. The minimum Gasteiger partial charge on any atom is -0.481 e. The highest BCUT2D eigenvalue weighted by Crippen LogP contribution is 1.95. The highest BCUT2D eigenvalue weighted by atomic mass is 16.4. The molecule has 15 heavy (non-hydrogen) atoms. The van der Waals surface area contributed by atoms with Crippen LogP contribution in [0.2, 0.25) is 0 Å². The number of rotatable bonds is 7. The summed E-state index contributed by atoms with van der Waals surface area (Å²) in [5.41, 5.74) is 5.18. The Morgan fingerprint density at radius 3 is 2.47 bits per heavy atom. The average molecular weight is 218 g/mol. The molecule has 0 aliphatic carbocycles. The van der Waals surface area contributed by atoms with E-state index < -0.39 is 30.6 Å². The van der Waals surface area contributed by atoms with E-state index in [2.05, 4.69) is 5.32 Å². The molecule has 0 rings (SSSR count). The van der Waals surface area contributed by atoms with Crippen LogP contribution in [0.25, 0.3) is 0 Å². The van der Waals surface area contributed by atoms with Gasteiger partial charge in [0.1, 0.15) is 12.3 Å². The van der Waals surface area contributed by atoms with E-state index >= 15 is 0 Å². The molecule has 0 aliphatic heterocycles. The van der Waals surface area contributed by atoms with Gasteiger partial charge in [0.15, 0.2) is 0 Å². The number of aldehydes is 1. The molecule has 0 saturated heterocycles. The van der Waals surface area contributed by atoms with Crippen molar-refractivity contribution in [2.75, 3.05) is 6.61 Å². The largest absolute Gasteiger partial charge is 0.481 e. The molecule has 0 unspecified atom stereocenters. The number of aliphatic hydroxyl groups is 1. The predicted octanol–water partition coefficient (Wildman–Crippen LogP) is -2.15. The van der Waals surface area contributed by atoms with Crippen LogP contribution in [-0.2, 0) is 14.4 Å². The van der Waals surface area contributed by atoms with Crippen LogP contribution < -0.4 is 11.1 Å². The minimum absolute atomic E-state index is 0.00270. The number of nitrogens with two attached hydrogens (primary N) is 1. The van der Waals surface area contributed by atoms with Crippen LogP contribution in [0.4, 0.5) is 0 Å². The Labute approximate surface area is 86.3 Å². The van der Waals surface area contributed by atoms with Gasteiger partial charge in [-0.3, -0.25) is 9.59 Å². The topological polar surface area (TPSA) is 130 Å². The smallest absolute Gasteiger partial charge is 0.303 e. The van der Waals surface area contributed by atoms with E-state index in [1.807, 2.05) is 0 Å². The molecule has 0 aromatic rings. The van der Waals surface area contributed by atoms with Gasteiger partial charge in [0, 0.05) is 6.42 Å². The number of carbonyl (C=O) groups excluding carboxylic acids is 2.